The molecule has 4 heteroatoms. The van der Waals surface area contributed by atoms with E-state index >= 15 is 0 Å². The lowest BCUT2D eigenvalue weighted by Gasteiger charge is -2.06. The van der Waals surface area contributed by atoms with Gasteiger partial charge in [0.05, 0.1) is 5.01 Å². The summed E-state index contributed by atoms with van der Waals surface area (Å²) in [6, 6.07) is 0.116. The minimum absolute atomic E-state index is 0.116. The van der Waals surface area contributed by atoms with Gasteiger partial charge in [-0.1, -0.05) is 0 Å². The largest absolute Gasteiger partial charge is 0.323 e. The van der Waals surface area contributed by atoms with Crippen LogP contribution in [0.1, 0.15) is 22.9 Å². The van der Waals surface area contributed by atoms with E-state index in [0.717, 1.165) is 13.0 Å². The summed E-state index contributed by atoms with van der Waals surface area (Å²) in [5, 5.41) is 1.18. The van der Waals surface area contributed by atoms with Crippen molar-refractivity contribution in [3.63, 3.8) is 0 Å². The smallest absolute Gasteiger partial charge is 0.0941 e. The van der Waals surface area contributed by atoms with Gasteiger partial charge in [0.2, 0.25) is 0 Å². The van der Waals surface area contributed by atoms with Crippen LogP contribution >= 0.6 is 11.3 Å². The molecule has 0 fully saturated rings. The van der Waals surface area contributed by atoms with Gasteiger partial charge in [-0.05, 0) is 21.0 Å². The highest BCUT2D eigenvalue weighted by atomic mass is 32.1. The van der Waals surface area contributed by atoms with E-state index in [2.05, 4.69) is 24.0 Å². The molecule has 0 aliphatic carbocycles. The van der Waals surface area contributed by atoms with Crippen molar-refractivity contribution in [2.45, 2.75) is 19.4 Å². The van der Waals surface area contributed by atoms with Gasteiger partial charge in [0.15, 0.2) is 0 Å². The third kappa shape index (κ3) is 3.42. The quantitative estimate of drug-likeness (QED) is 0.794. The minimum Gasteiger partial charge on any atom is -0.323 e. The van der Waals surface area contributed by atoms with E-state index in [4.69, 9.17) is 5.73 Å². The zero-order valence-electron chi connectivity index (χ0n) is 8.45. The van der Waals surface area contributed by atoms with Gasteiger partial charge in [-0.25, -0.2) is 4.98 Å². The molecule has 1 atom stereocenters. The lowest BCUT2D eigenvalue weighted by molar-refractivity contribution is 0.413. The summed E-state index contributed by atoms with van der Waals surface area (Å²) in [6.07, 6.45) is 2.91. The van der Waals surface area contributed by atoms with E-state index in [0.29, 0.717) is 0 Å². The zero-order valence-corrected chi connectivity index (χ0v) is 9.27. The first kappa shape index (κ1) is 10.6. The molecule has 1 aromatic rings. The van der Waals surface area contributed by atoms with E-state index in [9.17, 15) is 0 Å². The van der Waals surface area contributed by atoms with Crippen LogP contribution in [0.15, 0.2) is 6.20 Å². The number of likely N-dealkylation sites (N-methyl/N-ethyl adjacent to an activating group) is 1. The van der Waals surface area contributed by atoms with E-state index < -0.39 is 0 Å². The number of thiazole rings is 1. The van der Waals surface area contributed by atoms with Crippen molar-refractivity contribution in [3.05, 3.63) is 16.1 Å². The minimum atomic E-state index is 0.116. The van der Waals surface area contributed by atoms with E-state index in [1.807, 2.05) is 13.1 Å². The van der Waals surface area contributed by atoms with Crippen LogP contribution in [0.3, 0.4) is 0 Å². The molecule has 0 saturated carbocycles. The second-order valence-corrected chi connectivity index (χ2v) is 4.65. The predicted molar refractivity (Wildman–Crippen MR) is 57.0 cm³/mol. The Labute approximate surface area is 83.6 Å². The van der Waals surface area contributed by atoms with Gasteiger partial charge in [0.1, 0.15) is 0 Å². The average Bonchev–Trinajstić information content (AvgIpc) is 2.48. The molecular formula is C9H17N3S. The van der Waals surface area contributed by atoms with Crippen LogP contribution in [-0.2, 0) is 6.42 Å². The summed E-state index contributed by atoms with van der Waals surface area (Å²) < 4.78 is 0. The third-order valence-electron chi connectivity index (χ3n) is 1.79. The summed E-state index contributed by atoms with van der Waals surface area (Å²) in [6.45, 7) is 3.04. The van der Waals surface area contributed by atoms with Gasteiger partial charge in [0, 0.05) is 30.1 Å². The van der Waals surface area contributed by atoms with Crippen LogP contribution < -0.4 is 5.73 Å². The molecule has 0 aromatic carbocycles. The Balaban J connectivity index is 2.49. The van der Waals surface area contributed by atoms with Gasteiger partial charge in [-0.15, -0.1) is 11.3 Å². The topological polar surface area (TPSA) is 42.1 Å². The van der Waals surface area contributed by atoms with Crippen molar-refractivity contribution in [1.29, 1.82) is 0 Å². The maximum Gasteiger partial charge on any atom is 0.0941 e. The van der Waals surface area contributed by atoms with Crippen molar-refractivity contribution in [2.24, 2.45) is 5.73 Å². The molecule has 3 nitrogen and oxygen atoms in total. The Morgan fingerprint density at radius 1 is 1.62 bits per heavy atom. The van der Waals surface area contributed by atoms with Crippen molar-refractivity contribution >= 4 is 11.3 Å². The number of hydrogen-bond acceptors (Lipinski definition) is 4. The molecule has 0 amide bonds. The Morgan fingerprint density at radius 2 is 2.31 bits per heavy atom. The summed E-state index contributed by atoms with van der Waals surface area (Å²) in [7, 11) is 4.14. The second-order valence-electron chi connectivity index (χ2n) is 3.50. The molecule has 2 N–H and O–H groups in total. The molecule has 0 aliphatic heterocycles. The number of aromatic nitrogens is 1. The van der Waals surface area contributed by atoms with E-state index in [1.165, 1.54) is 9.88 Å². The molecule has 74 valence electrons. The van der Waals surface area contributed by atoms with Crippen LogP contribution in [0, 0.1) is 0 Å². The summed E-state index contributed by atoms with van der Waals surface area (Å²) in [5.41, 5.74) is 5.74. The van der Waals surface area contributed by atoms with E-state index in [1.54, 1.807) is 11.3 Å². The predicted octanol–water partition coefficient (Wildman–Crippen LogP) is 1.27. The molecule has 13 heavy (non-hydrogen) atoms. The number of hydrogen-bond donors (Lipinski definition) is 1. The first-order chi connectivity index (χ1) is 6.09. The lowest BCUT2D eigenvalue weighted by Crippen LogP contribution is -2.14. The molecule has 0 radical (unpaired) electrons. The highest BCUT2D eigenvalue weighted by Crippen LogP contribution is 2.18. The maximum atomic E-state index is 5.74. The number of rotatable bonds is 4. The first-order valence-corrected chi connectivity index (χ1v) is 5.26. The molecular weight excluding hydrogens is 182 g/mol. The summed E-state index contributed by atoms with van der Waals surface area (Å²) in [5.74, 6) is 0. The normalized spacial score (nSPS) is 13.6. The molecule has 0 spiro atoms. The molecule has 1 unspecified atom stereocenters. The van der Waals surface area contributed by atoms with Crippen molar-refractivity contribution in [1.82, 2.24) is 9.88 Å². The lowest BCUT2D eigenvalue weighted by atomic mass is 10.3. The van der Waals surface area contributed by atoms with Crippen molar-refractivity contribution in [3.8, 4) is 0 Å². The van der Waals surface area contributed by atoms with Crippen LogP contribution in [-0.4, -0.2) is 30.5 Å². The van der Waals surface area contributed by atoms with Gasteiger partial charge in [0.25, 0.3) is 0 Å². The monoisotopic (exact) mass is 199 g/mol. The van der Waals surface area contributed by atoms with Crippen LogP contribution in [0.2, 0.25) is 0 Å². The first-order valence-electron chi connectivity index (χ1n) is 4.44. The Bertz CT molecular complexity index is 255. The molecule has 1 heterocycles. The van der Waals surface area contributed by atoms with Gasteiger partial charge in [-0.2, -0.15) is 0 Å². The fourth-order valence-corrected chi connectivity index (χ4v) is 1.83. The summed E-state index contributed by atoms with van der Waals surface area (Å²) in [4.78, 5) is 7.66. The van der Waals surface area contributed by atoms with E-state index in [-0.39, 0.29) is 6.04 Å². The van der Waals surface area contributed by atoms with Crippen LogP contribution in [0.25, 0.3) is 0 Å². The van der Waals surface area contributed by atoms with Crippen molar-refractivity contribution in [2.75, 3.05) is 20.6 Å². The molecule has 1 rings (SSSR count). The zero-order chi connectivity index (χ0) is 9.84. The SMILES string of the molecule is CC(N)c1cnc(CCN(C)C)s1. The Kier molecular flexibility index (Phi) is 3.84. The highest BCUT2D eigenvalue weighted by Gasteiger charge is 2.05. The molecule has 0 bridgehead atoms. The summed E-state index contributed by atoms with van der Waals surface area (Å²) >= 11 is 1.72. The average molecular weight is 199 g/mol. The second kappa shape index (κ2) is 4.69. The van der Waals surface area contributed by atoms with Crippen LogP contribution in [0.4, 0.5) is 0 Å². The van der Waals surface area contributed by atoms with Crippen LogP contribution in [0.5, 0.6) is 0 Å². The maximum absolute atomic E-state index is 5.74. The number of nitrogens with zero attached hydrogens (tertiary/aromatic N) is 2. The Morgan fingerprint density at radius 3 is 2.77 bits per heavy atom. The molecule has 0 aliphatic rings. The molecule has 0 saturated heterocycles. The highest BCUT2D eigenvalue weighted by molar-refractivity contribution is 7.11. The number of nitrogens with two attached hydrogens (primary N) is 1. The fourth-order valence-electron chi connectivity index (χ4n) is 0.970. The van der Waals surface area contributed by atoms with Gasteiger partial charge >= 0.3 is 0 Å². The Hall–Kier alpha value is -0.450. The fraction of sp³-hybridized carbons (Fsp3) is 0.667. The van der Waals surface area contributed by atoms with Gasteiger partial charge < -0.3 is 10.6 Å². The van der Waals surface area contributed by atoms with Gasteiger partial charge in [-0.3, -0.25) is 0 Å². The standard InChI is InChI=1S/C9H17N3S/c1-7(10)8-6-11-9(13-8)4-5-12(2)3/h6-7H,4-5,10H2,1-3H3. The van der Waals surface area contributed by atoms with Crippen molar-refractivity contribution < 1.29 is 0 Å². The third-order valence-corrected chi connectivity index (χ3v) is 3.05. The molecule has 1 aromatic heterocycles.